The average Bonchev–Trinajstić information content (AvgIpc) is 2.83. The lowest BCUT2D eigenvalue weighted by atomic mass is 9.72. The van der Waals surface area contributed by atoms with Gasteiger partial charge in [0.1, 0.15) is 5.60 Å². The van der Waals surface area contributed by atoms with Gasteiger partial charge < -0.3 is 18.7 Å². The van der Waals surface area contributed by atoms with Crippen LogP contribution in [0.5, 0.6) is 0 Å². The van der Waals surface area contributed by atoms with Crippen LogP contribution in [-0.2, 0) is 25.1 Å². The molecule has 2 rings (SSSR count). The number of hydrogen-bond donors (Lipinski definition) is 1. The first-order chi connectivity index (χ1) is 14.7. The molecule has 183 valence electrons. The molecule has 1 radical (unpaired) electrons. The van der Waals surface area contributed by atoms with Crippen LogP contribution in [0.25, 0.3) is 0 Å². The minimum atomic E-state index is -0.466. The molecule has 1 heterocycles. The van der Waals surface area contributed by atoms with E-state index in [2.05, 4.69) is 66.3 Å². The molecular formula is C26H43B2O4S. The van der Waals surface area contributed by atoms with Gasteiger partial charge in [0, 0.05) is 11.2 Å². The third kappa shape index (κ3) is 7.30. The van der Waals surface area contributed by atoms with E-state index in [1.165, 1.54) is 0 Å². The second kappa shape index (κ2) is 9.64. The van der Waals surface area contributed by atoms with E-state index < -0.39 is 23.9 Å². The van der Waals surface area contributed by atoms with E-state index in [1.807, 2.05) is 42.1 Å². The fraction of sp³-hybridized carbons (Fsp3) is 0.692. The first kappa shape index (κ1) is 28.4. The Labute approximate surface area is 209 Å². The Hall–Kier alpha value is -0.880. The number of allylic oxidation sites excluding steroid dienone is 1. The Balaban J connectivity index is 2.28. The van der Waals surface area contributed by atoms with Crippen LogP contribution in [0.15, 0.2) is 30.5 Å². The highest BCUT2D eigenvalue weighted by Gasteiger charge is 2.51. The van der Waals surface area contributed by atoms with E-state index in [1.54, 1.807) is 0 Å². The van der Waals surface area contributed by atoms with Crippen LogP contribution in [-0.4, -0.2) is 41.8 Å². The monoisotopic (exact) mass is 473 g/mol. The smallest absolute Gasteiger partial charge is 0.493 e. The summed E-state index contributed by atoms with van der Waals surface area (Å²) < 4.78 is 24.4. The molecule has 0 saturated carbocycles. The van der Waals surface area contributed by atoms with Gasteiger partial charge in [0.2, 0.25) is 0 Å². The topological polar surface area (TPSA) is 36.9 Å². The lowest BCUT2D eigenvalue weighted by molar-refractivity contribution is 0.00578. The zero-order valence-electron chi connectivity index (χ0n) is 22.6. The molecular weight excluding hydrogens is 430 g/mol. The molecule has 1 aromatic rings. The lowest BCUT2D eigenvalue weighted by Crippen LogP contribution is -2.47. The fourth-order valence-electron chi connectivity index (χ4n) is 3.19. The molecule has 7 heteroatoms. The molecule has 0 atom stereocenters. The summed E-state index contributed by atoms with van der Waals surface area (Å²) in [5.41, 5.74) is 1.62. The van der Waals surface area contributed by atoms with Crippen molar-refractivity contribution < 1.29 is 18.7 Å². The van der Waals surface area contributed by atoms with E-state index in [-0.39, 0.29) is 10.3 Å². The number of hydrogen-bond acceptors (Lipinski definition) is 5. The van der Waals surface area contributed by atoms with Gasteiger partial charge in [-0.3, -0.25) is 0 Å². The zero-order valence-corrected chi connectivity index (χ0v) is 23.5. The number of ether oxygens (including phenoxy) is 1. The predicted molar refractivity (Wildman–Crippen MR) is 144 cm³/mol. The molecule has 1 fully saturated rings. The van der Waals surface area contributed by atoms with Gasteiger partial charge in [-0.05, 0) is 88.0 Å². The predicted octanol–water partition coefficient (Wildman–Crippen LogP) is 5.00. The van der Waals surface area contributed by atoms with Crippen molar-refractivity contribution in [2.24, 2.45) is 0 Å². The summed E-state index contributed by atoms with van der Waals surface area (Å²) in [6.45, 7) is 26.7. The van der Waals surface area contributed by atoms with Crippen LogP contribution in [0, 0.1) is 0 Å². The molecule has 0 aromatic heterocycles. The van der Waals surface area contributed by atoms with E-state index in [4.69, 9.17) is 31.3 Å². The quantitative estimate of drug-likeness (QED) is 0.312. The summed E-state index contributed by atoms with van der Waals surface area (Å²) >= 11 is 4.73. The molecule has 0 bridgehead atoms. The van der Waals surface area contributed by atoms with Crippen molar-refractivity contribution >= 4 is 38.2 Å². The largest absolute Gasteiger partial charge is 0.494 e. The maximum atomic E-state index is 6.27. The standard InChI is InChI=1S/C26H43B2O4S/c1-18(29-22(2,3)4)13-14-19-15-16-20(28-31-23(5,6)24(7,8)32-28)17-21(19)27-30-25(9,10)26(11,12)33/h15-17,33H,1,13-14H2,2-12H3. The van der Waals surface area contributed by atoms with Gasteiger partial charge in [-0.15, -0.1) is 0 Å². The third-order valence-electron chi connectivity index (χ3n) is 6.77. The summed E-state index contributed by atoms with van der Waals surface area (Å²) in [4.78, 5) is 0. The fourth-order valence-corrected chi connectivity index (χ4v) is 3.24. The summed E-state index contributed by atoms with van der Waals surface area (Å²) in [5.74, 6) is 0.779. The van der Waals surface area contributed by atoms with Crippen molar-refractivity contribution in [3.8, 4) is 0 Å². The van der Waals surface area contributed by atoms with Crippen LogP contribution in [0.3, 0.4) is 0 Å². The van der Waals surface area contributed by atoms with E-state index in [9.17, 15) is 0 Å². The van der Waals surface area contributed by atoms with E-state index in [0.717, 1.165) is 35.1 Å². The van der Waals surface area contributed by atoms with Gasteiger partial charge in [-0.25, -0.2) is 0 Å². The summed E-state index contributed by atoms with van der Waals surface area (Å²) in [5, 5.41) is 0. The van der Waals surface area contributed by atoms with Crippen LogP contribution in [0.2, 0.25) is 0 Å². The van der Waals surface area contributed by atoms with Crippen LogP contribution in [0.4, 0.5) is 0 Å². The van der Waals surface area contributed by atoms with Crippen molar-refractivity contribution in [2.45, 2.75) is 116 Å². The Morgan fingerprint density at radius 3 is 2.06 bits per heavy atom. The Morgan fingerprint density at radius 2 is 1.58 bits per heavy atom. The summed E-state index contributed by atoms with van der Waals surface area (Å²) in [6, 6.07) is 6.31. The summed E-state index contributed by atoms with van der Waals surface area (Å²) in [7, 11) is 1.42. The number of thiol groups is 1. The highest BCUT2D eigenvalue weighted by molar-refractivity contribution is 7.81. The molecule has 0 amide bonds. The SMILES string of the molecule is C=C(CCc1ccc(B2OC(C)(C)C(C)(C)O2)cc1[B]OC(C)(C)C(C)(C)S)OC(C)(C)C. The first-order valence-electron chi connectivity index (χ1n) is 11.8. The molecule has 1 aliphatic heterocycles. The third-order valence-corrected chi connectivity index (χ3v) is 7.31. The number of rotatable bonds is 9. The van der Waals surface area contributed by atoms with Gasteiger partial charge in [-0.1, -0.05) is 35.8 Å². The number of benzene rings is 1. The Morgan fingerprint density at radius 1 is 1.03 bits per heavy atom. The van der Waals surface area contributed by atoms with Crippen molar-refractivity contribution in [1.29, 1.82) is 0 Å². The second-order valence-electron chi connectivity index (χ2n) is 12.1. The van der Waals surface area contributed by atoms with Crippen molar-refractivity contribution in [3.63, 3.8) is 0 Å². The zero-order chi connectivity index (χ0) is 25.5. The average molecular weight is 473 g/mol. The molecule has 0 N–H and O–H groups in total. The maximum Gasteiger partial charge on any atom is 0.494 e. The number of aryl methyl sites for hydroxylation is 1. The highest BCUT2D eigenvalue weighted by Crippen LogP contribution is 2.36. The Bertz CT molecular complexity index is 835. The van der Waals surface area contributed by atoms with Crippen molar-refractivity contribution in [2.75, 3.05) is 0 Å². The van der Waals surface area contributed by atoms with Gasteiger partial charge in [0.05, 0.1) is 22.6 Å². The Kier molecular flexibility index (Phi) is 8.28. The molecule has 0 unspecified atom stereocenters. The van der Waals surface area contributed by atoms with Crippen molar-refractivity contribution in [1.82, 2.24) is 0 Å². The lowest BCUT2D eigenvalue weighted by Gasteiger charge is -2.38. The molecule has 4 nitrogen and oxygen atoms in total. The minimum Gasteiger partial charge on any atom is -0.493 e. The maximum absolute atomic E-state index is 6.27. The van der Waals surface area contributed by atoms with Crippen LogP contribution in [0.1, 0.15) is 88.1 Å². The van der Waals surface area contributed by atoms with E-state index in [0.29, 0.717) is 0 Å². The van der Waals surface area contributed by atoms with Gasteiger partial charge in [0.15, 0.2) is 0 Å². The normalized spacial score (nSPS) is 18.4. The van der Waals surface area contributed by atoms with E-state index >= 15 is 0 Å². The van der Waals surface area contributed by atoms with Crippen LogP contribution < -0.4 is 10.9 Å². The molecule has 33 heavy (non-hydrogen) atoms. The van der Waals surface area contributed by atoms with Gasteiger partial charge >= 0.3 is 14.6 Å². The minimum absolute atomic E-state index is 0.252. The first-order valence-corrected chi connectivity index (χ1v) is 12.3. The molecule has 1 saturated heterocycles. The molecule has 1 aromatic carbocycles. The molecule has 0 spiro atoms. The van der Waals surface area contributed by atoms with Gasteiger partial charge in [0.25, 0.3) is 0 Å². The summed E-state index contributed by atoms with van der Waals surface area (Å²) in [6.07, 6.45) is 1.52. The highest BCUT2D eigenvalue weighted by atomic mass is 32.1. The van der Waals surface area contributed by atoms with Crippen LogP contribution >= 0.6 is 12.6 Å². The molecule has 1 aliphatic rings. The molecule has 0 aliphatic carbocycles. The second-order valence-corrected chi connectivity index (χ2v) is 13.2. The van der Waals surface area contributed by atoms with Gasteiger partial charge in [-0.2, -0.15) is 12.6 Å². The van der Waals surface area contributed by atoms with Crippen molar-refractivity contribution in [3.05, 3.63) is 36.1 Å².